The molecule has 3 saturated carbocycles. The number of hydrogen-bond acceptors (Lipinski definition) is 7. The van der Waals surface area contributed by atoms with Crippen molar-refractivity contribution in [1.82, 2.24) is 4.90 Å². The van der Waals surface area contributed by atoms with E-state index < -0.39 is 31.2 Å². The molecule has 2 saturated heterocycles. The largest absolute Gasteiger partial charge is 0.632 e. The summed E-state index contributed by atoms with van der Waals surface area (Å²) in [5, 5.41) is 9.06. The van der Waals surface area contributed by atoms with E-state index in [1.165, 1.54) is 6.42 Å². The molecule has 1 N–H and O–H groups in total. The number of carbonyl (C=O) groups excluding carboxylic acids is 2. The zero-order valence-electron chi connectivity index (χ0n) is 15.0. The lowest BCUT2D eigenvalue weighted by molar-refractivity contribution is -0.160. The average molecular weight is 351 g/mol. The van der Waals surface area contributed by atoms with Gasteiger partial charge in [0, 0.05) is 6.04 Å². The number of carbonyl (C=O) groups is 2. The third kappa shape index (κ3) is 2.88. The van der Waals surface area contributed by atoms with Crippen molar-refractivity contribution in [1.29, 1.82) is 0 Å². The first-order chi connectivity index (χ1) is 11.8. The number of rotatable bonds is 3. The van der Waals surface area contributed by atoms with E-state index in [0.29, 0.717) is 23.2 Å². The minimum absolute atomic E-state index is 0.0942. The van der Waals surface area contributed by atoms with Gasteiger partial charge in [0.15, 0.2) is 0 Å². The van der Waals surface area contributed by atoms with Crippen LogP contribution in [0.4, 0.5) is 0 Å². The summed E-state index contributed by atoms with van der Waals surface area (Å²) in [6.45, 7) is 6.89. The van der Waals surface area contributed by atoms with Gasteiger partial charge in [0.25, 0.3) is 0 Å². The summed E-state index contributed by atoms with van der Waals surface area (Å²) in [6, 6.07) is -0.345. The van der Waals surface area contributed by atoms with Crippen molar-refractivity contribution in [3.8, 4) is 0 Å². The molecular formula is C17H26BNO6. The lowest BCUT2D eigenvalue weighted by atomic mass is 9.44. The molecule has 0 amide bonds. The van der Waals surface area contributed by atoms with Gasteiger partial charge < -0.3 is 19.2 Å². The van der Waals surface area contributed by atoms with E-state index in [-0.39, 0.29) is 25.7 Å². The Balaban J connectivity index is 1.43. The summed E-state index contributed by atoms with van der Waals surface area (Å²) in [6.07, 6.45) is 1.83. The maximum atomic E-state index is 12.3. The molecule has 2 heterocycles. The third-order valence-corrected chi connectivity index (χ3v) is 7.01. The monoisotopic (exact) mass is 351 g/mol. The van der Waals surface area contributed by atoms with Crippen LogP contribution in [0.15, 0.2) is 0 Å². The number of aliphatic hydroxyl groups is 1. The first kappa shape index (κ1) is 17.3. The van der Waals surface area contributed by atoms with E-state index in [0.717, 1.165) is 6.42 Å². The second kappa shape index (κ2) is 5.96. The molecule has 5 rings (SSSR count). The van der Waals surface area contributed by atoms with Crippen LogP contribution >= 0.6 is 0 Å². The Bertz CT molecular complexity index is 563. The topological polar surface area (TPSA) is 88.6 Å². The number of epoxide rings is 1. The summed E-state index contributed by atoms with van der Waals surface area (Å²) in [4.78, 5) is 26.5. The molecule has 0 aromatic heterocycles. The van der Waals surface area contributed by atoms with Gasteiger partial charge in [0.05, 0.1) is 19.7 Å². The normalized spacial score (nSPS) is 43.4. The fraction of sp³-hybridized carbons (Fsp3) is 0.882. The molecule has 8 heteroatoms. The maximum absolute atomic E-state index is 12.3. The van der Waals surface area contributed by atoms with Crippen LogP contribution in [0.1, 0.15) is 33.6 Å². The highest BCUT2D eigenvalue weighted by molar-refractivity contribution is 6.51. The fourth-order valence-corrected chi connectivity index (χ4v) is 5.26. The van der Waals surface area contributed by atoms with E-state index in [1.54, 1.807) is 0 Å². The molecule has 3 aliphatic carbocycles. The van der Waals surface area contributed by atoms with Crippen LogP contribution in [0.25, 0.3) is 0 Å². The van der Waals surface area contributed by atoms with Crippen molar-refractivity contribution < 1.29 is 28.7 Å². The Morgan fingerprint density at radius 2 is 1.84 bits per heavy atom. The molecule has 5 aliphatic rings. The first-order valence-electron chi connectivity index (χ1n) is 9.20. The van der Waals surface area contributed by atoms with Gasteiger partial charge in [-0.25, -0.2) is 0 Å². The van der Waals surface area contributed by atoms with Crippen LogP contribution in [-0.4, -0.2) is 66.9 Å². The highest BCUT2D eigenvalue weighted by Crippen LogP contribution is 2.62. The van der Waals surface area contributed by atoms with Gasteiger partial charge in [-0.1, -0.05) is 20.8 Å². The molecule has 6 atom stereocenters. The van der Waals surface area contributed by atoms with Crippen molar-refractivity contribution in [2.75, 3.05) is 19.7 Å². The van der Waals surface area contributed by atoms with E-state index in [2.05, 4.69) is 20.8 Å². The van der Waals surface area contributed by atoms with Crippen LogP contribution in [0, 0.1) is 23.2 Å². The highest BCUT2D eigenvalue weighted by atomic mass is 16.7. The summed E-state index contributed by atoms with van der Waals surface area (Å²) < 4.78 is 15.8. The minimum atomic E-state index is -1.05. The summed E-state index contributed by atoms with van der Waals surface area (Å²) >= 11 is 0. The Morgan fingerprint density at radius 3 is 2.32 bits per heavy atom. The zero-order valence-corrected chi connectivity index (χ0v) is 15.0. The van der Waals surface area contributed by atoms with Crippen LogP contribution in [-0.2, 0) is 23.6 Å². The Hall–Kier alpha value is -1.12. The molecule has 2 aliphatic heterocycles. The summed E-state index contributed by atoms with van der Waals surface area (Å²) in [5.41, 5.74) is 0.355. The van der Waals surface area contributed by atoms with Gasteiger partial charge in [-0.05, 0) is 36.0 Å². The van der Waals surface area contributed by atoms with Crippen LogP contribution in [0.5, 0.6) is 0 Å². The molecule has 0 spiro atoms. The standard InChI is InChI=1S/C17H26BNO6/c1-9-11-4-10(17(11,2)3)5-12(9)19-6-14(21)24-18(25-15(22)7-19)16-13(8-20)23-16/h9-13,16,20H,4-8H2,1-3H3/t9-,10+,11?,12-,13+,16-/m1/s1. The van der Waals surface area contributed by atoms with Crippen LogP contribution < -0.4 is 0 Å². The molecular weight excluding hydrogens is 325 g/mol. The molecule has 7 nitrogen and oxygen atoms in total. The van der Waals surface area contributed by atoms with Crippen molar-refractivity contribution in [3.05, 3.63) is 0 Å². The highest BCUT2D eigenvalue weighted by Gasteiger charge is 2.59. The lowest BCUT2D eigenvalue weighted by Crippen LogP contribution is -2.62. The van der Waals surface area contributed by atoms with Gasteiger partial charge in [0.1, 0.15) is 12.1 Å². The third-order valence-electron chi connectivity index (χ3n) is 7.01. The molecule has 25 heavy (non-hydrogen) atoms. The Morgan fingerprint density at radius 1 is 1.20 bits per heavy atom. The van der Waals surface area contributed by atoms with Gasteiger partial charge in [-0.3, -0.25) is 14.5 Å². The summed E-state index contributed by atoms with van der Waals surface area (Å²) in [5.74, 6) is 0.896. The summed E-state index contributed by atoms with van der Waals surface area (Å²) in [7, 11) is -1.05. The maximum Gasteiger partial charge on any atom is 0.632 e. The second-order valence-corrected chi connectivity index (χ2v) is 8.60. The second-order valence-electron chi connectivity index (χ2n) is 8.60. The fourth-order valence-electron chi connectivity index (χ4n) is 5.26. The minimum Gasteiger partial charge on any atom is -0.496 e. The van der Waals surface area contributed by atoms with Crippen molar-refractivity contribution >= 4 is 19.1 Å². The Labute approximate surface area is 148 Å². The molecule has 5 fully saturated rings. The SMILES string of the molecule is C[C@@H]1C2C[C@@H](C[C@H]1N1CC(=O)OB([C@@H]3O[C@H]3CO)OC(=O)C1)C2(C)C. The number of fused-ring (bicyclic) bond motifs is 2. The molecule has 0 aromatic rings. The molecule has 1 unspecified atom stereocenters. The van der Waals surface area contributed by atoms with E-state index in [1.807, 2.05) is 4.90 Å². The lowest BCUT2D eigenvalue weighted by Gasteiger charge is -2.63. The predicted octanol–water partition coefficient (Wildman–Crippen LogP) is 0.246. The van der Waals surface area contributed by atoms with Crippen molar-refractivity contribution in [3.63, 3.8) is 0 Å². The molecule has 0 aromatic carbocycles. The van der Waals surface area contributed by atoms with Crippen molar-refractivity contribution in [2.45, 2.75) is 51.8 Å². The number of nitrogens with zero attached hydrogens (tertiary/aromatic N) is 1. The number of ether oxygens (including phenoxy) is 1. The zero-order chi connectivity index (χ0) is 17.9. The van der Waals surface area contributed by atoms with Crippen LogP contribution in [0.3, 0.4) is 0 Å². The van der Waals surface area contributed by atoms with Crippen LogP contribution in [0.2, 0.25) is 0 Å². The quantitative estimate of drug-likeness (QED) is 0.576. The van der Waals surface area contributed by atoms with Gasteiger partial charge in [-0.2, -0.15) is 0 Å². The van der Waals surface area contributed by atoms with Gasteiger partial charge in [-0.15, -0.1) is 0 Å². The van der Waals surface area contributed by atoms with Gasteiger partial charge in [0.2, 0.25) is 0 Å². The first-order valence-corrected chi connectivity index (χ1v) is 9.20. The van der Waals surface area contributed by atoms with E-state index >= 15 is 0 Å². The van der Waals surface area contributed by atoms with Crippen molar-refractivity contribution in [2.24, 2.45) is 23.2 Å². The molecule has 138 valence electrons. The van der Waals surface area contributed by atoms with E-state index in [4.69, 9.17) is 19.2 Å². The number of hydrogen-bond donors (Lipinski definition) is 1. The molecule has 2 bridgehead atoms. The average Bonchev–Trinajstić information content (AvgIpc) is 3.31. The smallest absolute Gasteiger partial charge is 0.496 e. The van der Waals surface area contributed by atoms with E-state index in [9.17, 15) is 9.59 Å². The predicted molar refractivity (Wildman–Crippen MR) is 88.2 cm³/mol. The molecule has 0 radical (unpaired) electrons. The number of aliphatic hydroxyl groups excluding tert-OH is 1. The Kier molecular flexibility index (Phi) is 4.13. The van der Waals surface area contributed by atoms with Gasteiger partial charge >= 0.3 is 19.1 Å².